The monoisotopic (exact) mass is 537 g/mol. The Morgan fingerprint density at radius 2 is 1.92 bits per heavy atom. The maximum Gasteiger partial charge on any atom is 0.457 e. The van der Waals surface area contributed by atoms with Crippen molar-refractivity contribution in [3.05, 3.63) is 46.3 Å². The number of hydrogen-bond donors (Lipinski definition) is 2. The molecule has 2 aliphatic rings. The number of azide groups is 1. The number of ether oxygens (including phenoxy) is 1. The van der Waals surface area contributed by atoms with Crippen LogP contribution in [0.1, 0.15) is 46.1 Å². The minimum Gasteiger partial charge on any atom is -0.481 e. The predicted molar refractivity (Wildman–Crippen MR) is 138 cm³/mol. The van der Waals surface area contributed by atoms with Gasteiger partial charge in [-0.25, -0.2) is 0 Å². The van der Waals surface area contributed by atoms with Crippen LogP contribution in [0.4, 0.5) is 0 Å². The summed E-state index contributed by atoms with van der Waals surface area (Å²) in [6, 6.07) is 9.48. The molecule has 14 heteroatoms. The molecule has 0 radical (unpaired) electrons. The third-order valence-corrected chi connectivity index (χ3v) is 8.91. The van der Waals surface area contributed by atoms with Gasteiger partial charge in [0.2, 0.25) is 0 Å². The number of nitrogens with zero attached hydrogens (tertiary/aromatic N) is 4. The fourth-order valence-electron chi connectivity index (χ4n) is 4.56. The van der Waals surface area contributed by atoms with E-state index in [1.807, 2.05) is 58.0 Å². The van der Waals surface area contributed by atoms with E-state index in [4.69, 9.17) is 19.6 Å². The number of carboxylic acids is 1. The molecule has 1 aromatic carbocycles. The van der Waals surface area contributed by atoms with Crippen LogP contribution in [0.2, 0.25) is 6.32 Å². The van der Waals surface area contributed by atoms with E-state index in [1.165, 1.54) is 0 Å². The Bertz CT molecular complexity index is 1080. The summed E-state index contributed by atoms with van der Waals surface area (Å²) in [5.41, 5.74) is 7.21. The molecule has 2 saturated heterocycles. The van der Waals surface area contributed by atoms with Crippen LogP contribution >= 0.6 is 0 Å². The molecule has 12 nitrogen and oxygen atoms in total. The first-order valence-corrected chi connectivity index (χ1v) is 13.8. The van der Waals surface area contributed by atoms with Crippen molar-refractivity contribution < 1.29 is 32.4 Å². The lowest BCUT2D eigenvalue weighted by molar-refractivity contribution is -0.144. The van der Waals surface area contributed by atoms with Gasteiger partial charge in [-0.2, -0.15) is 17.4 Å². The van der Waals surface area contributed by atoms with Gasteiger partial charge in [-0.3, -0.25) is 4.79 Å². The molecule has 0 spiro atoms. The lowest BCUT2D eigenvalue weighted by atomic mass is 9.78. The minimum atomic E-state index is -4.03. The van der Waals surface area contributed by atoms with Crippen LogP contribution in [-0.4, -0.2) is 73.9 Å². The SMILES string of the molecule is CC1(C)OB(CCCC2CN(S(=O)(=O)NCCOCc3ccccc3)CC2(N=[N+]=[N-])C(=O)O)OC1(C)C. The number of nitrogens with one attached hydrogen (secondary N) is 1. The quantitative estimate of drug-likeness (QED) is 0.128. The topological polar surface area (TPSA) is 163 Å². The van der Waals surface area contributed by atoms with Crippen LogP contribution in [0.5, 0.6) is 0 Å². The average molecular weight is 537 g/mol. The van der Waals surface area contributed by atoms with Crippen molar-refractivity contribution >= 4 is 23.3 Å². The molecular weight excluding hydrogens is 501 g/mol. The molecule has 0 bridgehead atoms. The van der Waals surface area contributed by atoms with Crippen LogP contribution in [0.3, 0.4) is 0 Å². The Labute approximate surface area is 218 Å². The predicted octanol–water partition coefficient (Wildman–Crippen LogP) is 2.98. The summed E-state index contributed by atoms with van der Waals surface area (Å²) in [6.45, 7) is 7.75. The highest BCUT2D eigenvalue weighted by atomic mass is 32.2. The standard InChI is InChI=1S/C23H36BN5O7S/c1-21(2)22(3,4)36-24(35-21)12-8-11-19-15-29(17-23(19,20(30)31)27-28-25)37(32,33)26-13-14-34-16-18-9-6-5-7-10-18/h5-7,9-10,19,26H,8,11-17H2,1-4H3,(H,30,31). The van der Waals surface area contributed by atoms with Crippen molar-refractivity contribution in [1.82, 2.24) is 9.03 Å². The van der Waals surface area contributed by atoms with E-state index >= 15 is 0 Å². The molecule has 2 fully saturated rings. The smallest absolute Gasteiger partial charge is 0.457 e. The number of benzene rings is 1. The van der Waals surface area contributed by atoms with E-state index in [1.54, 1.807) is 0 Å². The summed E-state index contributed by atoms with van der Waals surface area (Å²) in [4.78, 5) is 15.0. The van der Waals surface area contributed by atoms with Gasteiger partial charge in [0.05, 0.1) is 24.4 Å². The second-order valence-electron chi connectivity index (χ2n) is 10.5. The van der Waals surface area contributed by atoms with Crippen LogP contribution in [-0.2, 0) is 35.7 Å². The number of carbonyl (C=O) groups is 1. The summed E-state index contributed by atoms with van der Waals surface area (Å²) in [5.74, 6) is -2.07. The highest BCUT2D eigenvalue weighted by molar-refractivity contribution is 7.87. The van der Waals surface area contributed by atoms with E-state index in [0.717, 1.165) is 9.87 Å². The number of carboxylic acid groups (broad SMARTS) is 1. The van der Waals surface area contributed by atoms with E-state index in [0.29, 0.717) is 25.8 Å². The maximum atomic E-state index is 12.9. The van der Waals surface area contributed by atoms with E-state index in [2.05, 4.69) is 14.7 Å². The average Bonchev–Trinajstić information content (AvgIpc) is 3.29. The van der Waals surface area contributed by atoms with Gasteiger partial charge in [0, 0.05) is 24.5 Å². The van der Waals surface area contributed by atoms with Crippen LogP contribution in [0.15, 0.2) is 35.4 Å². The molecule has 204 valence electrons. The normalized spacial score (nSPS) is 25.2. The molecule has 2 atom stereocenters. The number of aliphatic carboxylic acids is 1. The largest absolute Gasteiger partial charge is 0.481 e. The second kappa shape index (κ2) is 11.7. The minimum absolute atomic E-state index is 0.0137. The molecule has 2 N–H and O–H groups in total. The highest BCUT2D eigenvalue weighted by Gasteiger charge is 2.55. The van der Waals surface area contributed by atoms with E-state index in [9.17, 15) is 18.3 Å². The molecule has 3 rings (SSSR count). The summed E-state index contributed by atoms with van der Waals surface area (Å²) >= 11 is 0. The Hall–Kier alpha value is -2.19. The lowest BCUT2D eigenvalue weighted by Gasteiger charge is -2.32. The maximum absolute atomic E-state index is 12.9. The van der Waals surface area contributed by atoms with Gasteiger partial charge in [-0.05, 0) is 57.4 Å². The highest BCUT2D eigenvalue weighted by Crippen LogP contribution is 2.40. The first-order valence-electron chi connectivity index (χ1n) is 12.3. The van der Waals surface area contributed by atoms with Crippen LogP contribution < -0.4 is 4.72 Å². The van der Waals surface area contributed by atoms with Gasteiger partial charge in [0.25, 0.3) is 10.2 Å². The van der Waals surface area contributed by atoms with Gasteiger partial charge in [-0.15, -0.1) is 0 Å². The molecule has 0 amide bonds. The van der Waals surface area contributed by atoms with Crippen molar-refractivity contribution in [2.45, 2.75) is 70.2 Å². The van der Waals surface area contributed by atoms with Crippen molar-refractivity contribution in [2.75, 3.05) is 26.2 Å². The zero-order chi connectivity index (χ0) is 27.3. The Morgan fingerprint density at radius 1 is 1.27 bits per heavy atom. The molecule has 2 heterocycles. The zero-order valence-corrected chi connectivity index (χ0v) is 22.6. The van der Waals surface area contributed by atoms with Crippen molar-refractivity contribution in [3.63, 3.8) is 0 Å². The number of hydrogen-bond acceptors (Lipinski definition) is 7. The summed E-state index contributed by atoms with van der Waals surface area (Å²) in [6.07, 6.45) is 1.33. The van der Waals surface area contributed by atoms with E-state index in [-0.39, 0.29) is 19.7 Å². The third kappa shape index (κ3) is 6.83. The molecule has 1 aromatic rings. The Kier molecular flexibility index (Phi) is 9.28. The zero-order valence-electron chi connectivity index (χ0n) is 21.8. The fourth-order valence-corrected chi connectivity index (χ4v) is 5.83. The van der Waals surface area contributed by atoms with Gasteiger partial charge < -0.3 is 19.2 Å². The summed E-state index contributed by atoms with van der Waals surface area (Å²) in [7, 11) is -4.48. The fraction of sp³-hybridized carbons (Fsp3) is 0.696. The molecule has 2 aliphatic heterocycles. The molecule has 37 heavy (non-hydrogen) atoms. The van der Waals surface area contributed by atoms with Gasteiger partial charge in [0.15, 0.2) is 5.54 Å². The van der Waals surface area contributed by atoms with Crippen molar-refractivity contribution in [3.8, 4) is 0 Å². The van der Waals surface area contributed by atoms with Crippen molar-refractivity contribution in [2.24, 2.45) is 11.0 Å². The van der Waals surface area contributed by atoms with E-state index < -0.39 is 52.5 Å². The van der Waals surface area contributed by atoms with Crippen LogP contribution in [0, 0.1) is 5.92 Å². The Morgan fingerprint density at radius 3 is 2.51 bits per heavy atom. The molecule has 2 unspecified atom stereocenters. The third-order valence-electron chi connectivity index (χ3n) is 7.39. The summed E-state index contributed by atoms with van der Waals surface area (Å²) < 4.78 is 46.9. The molecule has 0 aliphatic carbocycles. The first-order chi connectivity index (χ1) is 17.3. The summed E-state index contributed by atoms with van der Waals surface area (Å²) in [5, 5.41) is 13.6. The van der Waals surface area contributed by atoms with Crippen LogP contribution in [0.25, 0.3) is 10.4 Å². The molecular formula is C23H36BN5O7S. The van der Waals surface area contributed by atoms with Crippen molar-refractivity contribution in [1.29, 1.82) is 0 Å². The lowest BCUT2D eigenvalue weighted by Crippen LogP contribution is -2.46. The Balaban J connectivity index is 1.58. The molecule has 0 aromatic heterocycles. The van der Waals surface area contributed by atoms with Gasteiger partial charge in [0.1, 0.15) is 0 Å². The second-order valence-corrected chi connectivity index (χ2v) is 12.2. The van der Waals surface area contributed by atoms with Gasteiger partial charge in [-0.1, -0.05) is 41.9 Å². The number of rotatable bonds is 13. The molecule has 0 saturated carbocycles. The van der Waals surface area contributed by atoms with Gasteiger partial charge >= 0.3 is 13.1 Å². The first kappa shape index (κ1) is 29.4.